The Kier molecular flexibility index (Phi) is 5.31. The molecule has 0 saturated carbocycles. The monoisotopic (exact) mass is 254 g/mol. The molecule has 0 aromatic heterocycles. The van der Waals surface area contributed by atoms with Crippen molar-refractivity contribution in [2.45, 2.75) is 25.6 Å². The van der Waals surface area contributed by atoms with Gasteiger partial charge in [-0.25, -0.2) is 0 Å². The van der Waals surface area contributed by atoms with Gasteiger partial charge in [-0.2, -0.15) is 0 Å². The van der Waals surface area contributed by atoms with Crippen LogP contribution in [-0.4, -0.2) is 21.1 Å². The molecule has 0 radical (unpaired) electrons. The van der Waals surface area contributed by atoms with Crippen molar-refractivity contribution < 1.29 is 9.00 Å². The Hall–Kier alpha value is -1.20. The quantitative estimate of drug-likeness (QED) is 0.830. The van der Waals surface area contributed by atoms with Gasteiger partial charge in [-0.05, 0) is 18.6 Å². The van der Waals surface area contributed by atoms with Crippen LogP contribution < -0.4 is 11.1 Å². The van der Waals surface area contributed by atoms with E-state index in [0.29, 0.717) is 18.0 Å². The Labute approximate surface area is 104 Å². The van der Waals surface area contributed by atoms with E-state index in [2.05, 4.69) is 5.32 Å². The number of hydrogen-bond donors (Lipinski definition) is 2. The van der Waals surface area contributed by atoms with E-state index < -0.39 is 16.0 Å². The number of benzene rings is 1. The lowest BCUT2D eigenvalue weighted by Gasteiger charge is -2.13. The van der Waals surface area contributed by atoms with Crippen LogP contribution in [0.1, 0.15) is 19.4 Å². The Morgan fingerprint density at radius 2 is 2.12 bits per heavy atom. The molecule has 1 rings (SSSR count). The summed E-state index contributed by atoms with van der Waals surface area (Å²) in [5.41, 5.74) is 7.14. The molecule has 2 unspecified atom stereocenters. The van der Waals surface area contributed by atoms with E-state index in [1.54, 1.807) is 19.9 Å². The van der Waals surface area contributed by atoms with Crippen molar-refractivity contribution in [3.8, 4) is 0 Å². The van der Waals surface area contributed by atoms with E-state index in [1.165, 1.54) is 0 Å². The van der Waals surface area contributed by atoms with Gasteiger partial charge in [-0.15, -0.1) is 0 Å². The summed E-state index contributed by atoms with van der Waals surface area (Å²) in [6.07, 6.45) is 0. The number of carbonyl (C=O) groups is 1. The van der Waals surface area contributed by atoms with Crippen molar-refractivity contribution in [3.63, 3.8) is 0 Å². The van der Waals surface area contributed by atoms with Gasteiger partial charge in [0.25, 0.3) is 0 Å². The molecule has 4 nitrogen and oxygen atoms in total. The minimum atomic E-state index is -1.13. The molecule has 0 bridgehead atoms. The average Bonchev–Trinajstić information content (AvgIpc) is 2.37. The fourth-order valence-electron chi connectivity index (χ4n) is 1.42. The van der Waals surface area contributed by atoms with Crippen molar-refractivity contribution in [2.24, 2.45) is 5.73 Å². The third kappa shape index (κ3) is 3.64. The normalized spacial score (nSPS) is 14.1. The van der Waals surface area contributed by atoms with Gasteiger partial charge in [-0.3, -0.25) is 9.00 Å². The van der Waals surface area contributed by atoms with E-state index in [9.17, 15) is 9.00 Å². The van der Waals surface area contributed by atoms with Gasteiger partial charge in [0.1, 0.15) is 5.25 Å². The standard InChI is InChI=1S/C12H18N2O2S/c1-3-17(16)9(2)12(15)14-11-7-5-4-6-10(11)8-13/h4-7,9H,3,8,13H2,1-2H3,(H,14,15). The number of rotatable bonds is 5. The number of carbonyl (C=O) groups excluding carboxylic acids is 1. The third-order valence-corrected chi connectivity index (χ3v) is 4.12. The topological polar surface area (TPSA) is 72.2 Å². The number of anilines is 1. The van der Waals surface area contributed by atoms with Crippen molar-refractivity contribution in [1.82, 2.24) is 0 Å². The first-order valence-corrected chi connectivity index (χ1v) is 6.94. The molecule has 0 heterocycles. The molecule has 0 aliphatic heterocycles. The van der Waals surface area contributed by atoms with Crippen molar-refractivity contribution >= 4 is 22.4 Å². The maximum Gasteiger partial charge on any atom is 0.239 e. The van der Waals surface area contributed by atoms with E-state index in [1.807, 2.05) is 18.2 Å². The summed E-state index contributed by atoms with van der Waals surface area (Å²) >= 11 is 0. The van der Waals surface area contributed by atoms with Crippen LogP contribution >= 0.6 is 0 Å². The fourth-order valence-corrected chi connectivity index (χ4v) is 2.22. The zero-order valence-corrected chi connectivity index (χ0v) is 10.9. The molecule has 1 aromatic rings. The molecule has 0 saturated heterocycles. The van der Waals surface area contributed by atoms with Crippen molar-refractivity contribution in [2.75, 3.05) is 11.1 Å². The molecule has 0 aliphatic carbocycles. The molecule has 1 amide bonds. The average molecular weight is 254 g/mol. The first-order valence-electron chi connectivity index (χ1n) is 5.56. The second kappa shape index (κ2) is 6.51. The number of nitrogens with one attached hydrogen (secondary N) is 1. The highest BCUT2D eigenvalue weighted by Crippen LogP contribution is 2.15. The highest BCUT2D eigenvalue weighted by Gasteiger charge is 2.19. The maximum atomic E-state index is 11.8. The predicted octanol–water partition coefficient (Wildman–Crippen LogP) is 1.24. The molecule has 17 heavy (non-hydrogen) atoms. The highest BCUT2D eigenvalue weighted by atomic mass is 32.2. The van der Waals surface area contributed by atoms with Crippen LogP contribution in [0.2, 0.25) is 0 Å². The van der Waals surface area contributed by atoms with E-state index in [0.717, 1.165) is 5.56 Å². The van der Waals surface area contributed by atoms with Gasteiger partial charge in [0.15, 0.2) is 0 Å². The summed E-state index contributed by atoms with van der Waals surface area (Å²) in [5, 5.41) is 2.26. The lowest BCUT2D eigenvalue weighted by atomic mass is 10.2. The lowest BCUT2D eigenvalue weighted by molar-refractivity contribution is -0.115. The second-order valence-electron chi connectivity index (χ2n) is 3.66. The Morgan fingerprint density at radius 3 is 2.71 bits per heavy atom. The molecule has 0 spiro atoms. The largest absolute Gasteiger partial charge is 0.326 e. The van der Waals surface area contributed by atoms with Gasteiger partial charge in [0.2, 0.25) is 5.91 Å². The maximum absolute atomic E-state index is 11.8. The van der Waals surface area contributed by atoms with Gasteiger partial charge < -0.3 is 11.1 Å². The van der Waals surface area contributed by atoms with Gasteiger partial charge in [0.05, 0.1) is 0 Å². The third-order valence-electron chi connectivity index (χ3n) is 2.54. The van der Waals surface area contributed by atoms with Crippen LogP contribution in [0.4, 0.5) is 5.69 Å². The minimum Gasteiger partial charge on any atom is -0.326 e. The Morgan fingerprint density at radius 1 is 1.47 bits per heavy atom. The van der Waals surface area contributed by atoms with Crippen LogP contribution in [0, 0.1) is 0 Å². The van der Waals surface area contributed by atoms with E-state index in [-0.39, 0.29) is 5.91 Å². The summed E-state index contributed by atoms with van der Waals surface area (Å²) in [4.78, 5) is 11.8. The second-order valence-corrected chi connectivity index (χ2v) is 5.71. The smallest absolute Gasteiger partial charge is 0.239 e. The van der Waals surface area contributed by atoms with Crippen LogP contribution in [0.15, 0.2) is 24.3 Å². The number of amides is 1. The van der Waals surface area contributed by atoms with Crippen LogP contribution in [0.5, 0.6) is 0 Å². The van der Waals surface area contributed by atoms with Crippen LogP contribution in [0.3, 0.4) is 0 Å². The minimum absolute atomic E-state index is 0.230. The summed E-state index contributed by atoms with van der Waals surface area (Å²) < 4.78 is 11.5. The molecule has 0 fully saturated rings. The lowest BCUT2D eigenvalue weighted by Crippen LogP contribution is -2.30. The SMILES string of the molecule is CCS(=O)C(C)C(=O)Nc1ccccc1CN. The van der Waals surface area contributed by atoms with Gasteiger partial charge >= 0.3 is 0 Å². The van der Waals surface area contributed by atoms with E-state index in [4.69, 9.17) is 5.73 Å². The molecule has 3 N–H and O–H groups in total. The predicted molar refractivity (Wildman–Crippen MR) is 71.1 cm³/mol. The Balaban J connectivity index is 2.77. The van der Waals surface area contributed by atoms with E-state index >= 15 is 0 Å². The first-order chi connectivity index (χ1) is 8.10. The molecule has 5 heteroatoms. The molecule has 2 atom stereocenters. The van der Waals surface area contributed by atoms with Crippen molar-refractivity contribution in [3.05, 3.63) is 29.8 Å². The number of nitrogens with two attached hydrogens (primary N) is 1. The van der Waals surface area contributed by atoms with Crippen LogP contribution in [0.25, 0.3) is 0 Å². The molecular weight excluding hydrogens is 236 g/mol. The molecule has 0 aliphatic rings. The van der Waals surface area contributed by atoms with Crippen LogP contribution in [-0.2, 0) is 22.1 Å². The zero-order valence-electron chi connectivity index (χ0n) is 10.1. The highest BCUT2D eigenvalue weighted by molar-refractivity contribution is 7.86. The van der Waals surface area contributed by atoms with Gasteiger partial charge in [0, 0.05) is 28.8 Å². The number of para-hydroxylation sites is 1. The molecule has 94 valence electrons. The fraction of sp³-hybridized carbons (Fsp3) is 0.417. The van der Waals surface area contributed by atoms with Crippen molar-refractivity contribution in [1.29, 1.82) is 0 Å². The summed E-state index contributed by atoms with van der Waals surface area (Å²) in [7, 11) is -1.13. The molecular formula is C12H18N2O2S. The first kappa shape index (κ1) is 13.9. The Bertz CT molecular complexity index is 421. The molecule has 1 aromatic carbocycles. The summed E-state index contributed by atoms with van der Waals surface area (Å²) in [6.45, 7) is 3.83. The zero-order chi connectivity index (χ0) is 12.8. The number of hydrogen-bond acceptors (Lipinski definition) is 3. The summed E-state index contributed by atoms with van der Waals surface area (Å²) in [5.74, 6) is 0.249. The van der Waals surface area contributed by atoms with Gasteiger partial charge in [-0.1, -0.05) is 25.1 Å². The summed E-state index contributed by atoms with van der Waals surface area (Å²) in [6, 6.07) is 7.35.